The molecule has 2 nitrogen and oxygen atoms in total. The molecule has 0 saturated heterocycles. The first kappa shape index (κ1) is 12.4. The van der Waals surface area contributed by atoms with Gasteiger partial charge >= 0.3 is 0 Å². The Morgan fingerprint density at radius 1 is 1.05 bits per heavy atom. The van der Waals surface area contributed by atoms with Gasteiger partial charge in [0.15, 0.2) is 5.75 Å². The number of H-pyrrole nitrogens is 1. The Labute approximate surface area is 120 Å². The molecule has 0 aliphatic rings. The predicted octanol–water partition coefficient (Wildman–Crippen LogP) is 5.05. The van der Waals surface area contributed by atoms with Crippen LogP contribution in [0, 0.1) is 0 Å². The summed E-state index contributed by atoms with van der Waals surface area (Å²) in [4.78, 5) is 3.08. The second-order valence-electron chi connectivity index (χ2n) is 4.22. The van der Waals surface area contributed by atoms with E-state index in [1.165, 1.54) is 0 Å². The third kappa shape index (κ3) is 2.42. The summed E-state index contributed by atoms with van der Waals surface area (Å²) in [7, 11) is 0. The van der Waals surface area contributed by atoms with Crippen LogP contribution in [0.3, 0.4) is 0 Å². The Morgan fingerprint density at radius 2 is 1.84 bits per heavy atom. The van der Waals surface area contributed by atoms with Crippen molar-refractivity contribution in [3.05, 3.63) is 64.3 Å². The normalized spacial score (nSPS) is 10.8. The Bertz CT molecular complexity index is 707. The van der Waals surface area contributed by atoms with E-state index in [1.807, 2.05) is 48.7 Å². The first-order valence-electron chi connectivity index (χ1n) is 5.87. The predicted molar refractivity (Wildman–Crippen MR) is 79.1 cm³/mol. The summed E-state index contributed by atoms with van der Waals surface area (Å²) in [5, 5.41) is 2.01. The third-order valence-corrected chi connectivity index (χ3v) is 3.56. The molecule has 0 amide bonds. The van der Waals surface area contributed by atoms with Crippen LogP contribution in [-0.2, 0) is 6.61 Å². The number of hydrogen-bond donors (Lipinski definition) is 1. The van der Waals surface area contributed by atoms with Crippen molar-refractivity contribution in [2.45, 2.75) is 6.61 Å². The second kappa shape index (κ2) is 5.16. The van der Waals surface area contributed by atoms with Gasteiger partial charge in [0.05, 0.1) is 10.5 Å². The lowest BCUT2D eigenvalue weighted by molar-refractivity contribution is 0.307. The van der Waals surface area contributed by atoms with Crippen molar-refractivity contribution in [1.82, 2.24) is 4.98 Å². The molecule has 0 aliphatic carbocycles. The molecule has 4 heteroatoms. The summed E-state index contributed by atoms with van der Waals surface area (Å²) in [6.07, 6.45) is 1.83. The molecule has 1 heterocycles. The van der Waals surface area contributed by atoms with Crippen LogP contribution in [0.15, 0.2) is 48.7 Å². The maximum atomic E-state index is 6.31. The molecule has 3 aromatic rings. The molecule has 1 N–H and O–H groups in total. The summed E-state index contributed by atoms with van der Waals surface area (Å²) in [6.45, 7) is 0.437. The summed E-state index contributed by atoms with van der Waals surface area (Å²) < 4.78 is 5.75. The number of aromatic amines is 1. The van der Waals surface area contributed by atoms with Crippen LogP contribution >= 0.6 is 23.2 Å². The number of benzene rings is 2. The number of fused-ring (bicyclic) bond motifs is 1. The van der Waals surface area contributed by atoms with Gasteiger partial charge in [0.2, 0.25) is 0 Å². The Morgan fingerprint density at radius 3 is 2.63 bits per heavy atom. The number of halogens is 2. The van der Waals surface area contributed by atoms with Gasteiger partial charge in [-0.15, -0.1) is 0 Å². The van der Waals surface area contributed by atoms with E-state index < -0.39 is 0 Å². The van der Waals surface area contributed by atoms with Crippen LogP contribution in [0.4, 0.5) is 0 Å². The maximum absolute atomic E-state index is 6.31. The van der Waals surface area contributed by atoms with Gasteiger partial charge < -0.3 is 9.72 Å². The fourth-order valence-electron chi connectivity index (χ4n) is 1.97. The van der Waals surface area contributed by atoms with Gasteiger partial charge in [-0.25, -0.2) is 0 Å². The van der Waals surface area contributed by atoms with E-state index >= 15 is 0 Å². The lowest BCUT2D eigenvalue weighted by Crippen LogP contribution is -1.96. The highest BCUT2D eigenvalue weighted by molar-refractivity contribution is 6.40. The zero-order chi connectivity index (χ0) is 13.2. The van der Waals surface area contributed by atoms with Crippen molar-refractivity contribution < 1.29 is 4.74 Å². The molecule has 0 bridgehead atoms. The van der Waals surface area contributed by atoms with Crippen molar-refractivity contribution in [1.29, 1.82) is 0 Å². The molecular formula is C15H11Cl2NO. The fraction of sp³-hybridized carbons (Fsp3) is 0.0667. The molecule has 0 atom stereocenters. The molecule has 0 fully saturated rings. The van der Waals surface area contributed by atoms with Crippen LogP contribution in [0.5, 0.6) is 5.75 Å². The summed E-state index contributed by atoms with van der Waals surface area (Å²) in [5.41, 5.74) is 1.91. The average molecular weight is 292 g/mol. The van der Waals surface area contributed by atoms with Gasteiger partial charge in [0.25, 0.3) is 0 Å². The van der Waals surface area contributed by atoms with E-state index in [1.54, 1.807) is 0 Å². The highest BCUT2D eigenvalue weighted by atomic mass is 35.5. The molecule has 0 spiro atoms. The third-order valence-electron chi connectivity index (χ3n) is 2.92. The molecule has 0 unspecified atom stereocenters. The van der Waals surface area contributed by atoms with E-state index in [-0.39, 0.29) is 0 Å². The number of ether oxygens (including phenoxy) is 1. The van der Waals surface area contributed by atoms with E-state index in [4.69, 9.17) is 27.9 Å². The summed E-state index contributed by atoms with van der Waals surface area (Å²) in [6, 6.07) is 13.7. The van der Waals surface area contributed by atoms with Crippen LogP contribution in [0.2, 0.25) is 10.0 Å². The van der Waals surface area contributed by atoms with Crippen molar-refractivity contribution in [3.8, 4) is 5.75 Å². The summed E-state index contributed by atoms with van der Waals surface area (Å²) >= 11 is 12.5. The van der Waals surface area contributed by atoms with E-state index in [9.17, 15) is 0 Å². The first-order valence-corrected chi connectivity index (χ1v) is 6.63. The SMILES string of the molecule is Clc1cc2cc[nH]c2c(Cl)c1OCc1ccccc1. The zero-order valence-electron chi connectivity index (χ0n) is 9.99. The van der Waals surface area contributed by atoms with E-state index in [2.05, 4.69) is 4.98 Å². The molecule has 19 heavy (non-hydrogen) atoms. The highest BCUT2D eigenvalue weighted by Crippen LogP contribution is 2.39. The maximum Gasteiger partial charge on any atom is 0.159 e. The topological polar surface area (TPSA) is 25.0 Å². The summed E-state index contributed by atoms with van der Waals surface area (Å²) in [5.74, 6) is 0.516. The van der Waals surface area contributed by atoms with Crippen molar-refractivity contribution in [3.63, 3.8) is 0 Å². The monoisotopic (exact) mass is 291 g/mol. The number of aromatic nitrogens is 1. The Kier molecular flexibility index (Phi) is 3.36. The minimum absolute atomic E-state index is 0.437. The number of nitrogens with one attached hydrogen (secondary N) is 1. The van der Waals surface area contributed by atoms with Crippen LogP contribution < -0.4 is 4.74 Å². The molecule has 0 saturated carbocycles. The average Bonchev–Trinajstić information content (AvgIpc) is 2.88. The van der Waals surface area contributed by atoms with Gasteiger partial charge in [-0.1, -0.05) is 53.5 Å². The number of hydrogen-bond acceptors (Lipinski definition) is 1. The number of rotatable bonds is 3. The largest absolute Gasteiger partial charge is 0.486 e. The minimum atomic E-state index is 0.437. The molecule has 1 aromatic heterocycles. The highest BCUT2D eigenvalue weighted by Gasteiger charge is 2.13. The molecule has 2 aromatic carbocycles. The standard InChI is InChI=1S/C15H11Cl2NO/c16-12-8-11-6-7-18-14(11)13(17)15(12)19-9-10-4-2-1-3-5-10/h1-8,18H,9H2. The zero-order valence-corrected chi connectivity index (χ0v) is 11.5. The molecular weight excluding hydrogens is 281 g/mol. The quantitative estimate of drug-likeness (QED) is 0.717. The lowest BCUT2D eigenvalue weighted by atomic mass is 10.2. The molecule has 0 radical (unpaired) electrons. The van der Waals surface area contributed by atoms with Crippen LogP contribution in [0.1, 0.15) is 5.56 Å². The van der Waals surface area contributed by atoms with Crippen molar-refractivity contribution in [2.24, 2.45) is 0 Å². The Balaban J connectivity index is 1.92. The minimum Gasteiger partial charge on any atom is -0.486 e. The van der Waals surface area contributed by atoms with Gasteiger partial charge in [-0.05, 0) is 17.7 Å². The molecule has 3 rings (SSSR count). The smallest absolute Gasteiger partial charge is 0.159 e. The van der Waals surface area contributed by atoms with Gasteiger partial charge in [-0.2, -0.15) is 0 Å². The second-order valence-corrected chi connectivity index (χ2v) is 5.00. The fourth-order valence-corrected chi connectivity index (χ4v) is 2.61. The van der Waals surface area contributed by atoms with Crippen LogP contribution in [0.25, 0.3) is 10.9 Å². The Hall–Kier alpha value is -1.64. The van der Waals surface area contributed by atoms with E-state index in [0.29, 0.717) is 22.4 Å². The molecule has 96 valence electrons. The van der Waals surface area contributed by atoms with Gasteiger partial charge in [0.1, 0.15) is 11.6 Å². The molecule has 0 aliphatic heterocycles. The van der Waals surface area contributed by atoms with Crippen LogP contribution in [-0.4, -0.2) is 4.98 Å². The van der Waals surface area contributed by atoms with Crippen molar-refractivity contribution >= 4 is 34.1 Å². The first-order chi connectivity index (χ1) is 9.25. The van der Waals surface area contributed by atoms with E-state index in [0.717, 1.165) is 16.5 Å². The van der Waals surface area contributed by atoms with Crippen molar-refractivity contribution in [2.75, 3.05) is 0 Å². The van der Waals surface area contributed by atoms with Gasteiger partial charge in [0, 0.05) is 11.6 Å². The lowest BCUT2D eigenvalue weighted by Gasteiger charge is -2.10. The van der Waals surface area contributed by atoms with Gasteiger partial charge in [-0.3, -0.25) is 0 Å².